The van der Waals surface area contributed by atoms with Crippen LogP contribution < -0.4 is 15.8 Å². The van der Waals surface area contributed by atoms with Gasteiger partial charge in [-0.3, -0.25) is 0 Å². The molecule has 0 spiro atoms. The molecule has 1 heterocycles. The number of pyridine rings is 1. The predicted molar refractivity (Wildman–Crippen MR) is 80.4 cm³/mol. The molecule has 0 unspecified atom stereocenters. The molecule has 1 aromatic heterocycles. The van der Waals surface area contributed by atoms with E-state index in [4.69, 9.17) is 22.7 Å². The SMILES string of the molecule is COc1ccc(CNc2ncccc2C(N)=S)cc1. The Hall–Kier alpha value is -2.14. The zero-order valence-corrected chi connectivity index (χ0v) is 11.4. The first kappa shape index (κ1) is 13.3. The maximum Gasteiger partial charge on any atom is 0.136 e. The van der Waals surface area contributed by atoms with Crippen LogP contribution in [0.5, 0.6) is 5.75 Å². The molecule has 0 saturated heterocycles. The van der Waals surface area contributed by atoms with Crippen molar-refractivity contribution in [2.24, 2.45) is 5.73 Å². The van der Waals surface area contributed by atoms with Crippen molar-refractivity contribution in [1.29, 1.82) is 0 Å². The lowest BCUT2D eigenvalue weighted by atomic mass is 10.2. The second kappa shape index (κ2) is 6.15. The number of methoxy groups -OCH3 is 1. The van der Waals surface area contributed by atoms with Gasteiger partial charge in [-0.25, -0.2) is 4.98 Å². The molecule has 3 N–H and O–H groups in total. The largest absolute Gasteiger partial charge is 0.497 e. The molecule has 0 aliphatic rings. The summed E-state index contributed by atoms with van der Waals surface area (Å²) >= 11 is 4.99. The van der Waals surface area contributed by atoms with E-state index in [2.05, 4.69) is 10.3 Å². The monoisotopic (exact) mass is 273 g/mol. The smallest absolute Gasteiger partial charge is 0.136 e. The van der Waals surface area contributed by atoms with Crippen LogP contribution in [0.3, 0.4) is 0 Å². The molecular weight excluding hydrogens is 258 g/mol. The first-order valence-electron chi connectivity index (χ1n) is 5.82. The number of nitrogens with one attached hydrogen (secondary N) is 1. The van der Waals surface area contributed by atoms with E-state index in [0.29, 0.717) is 17.4 Å². The number of benzene rings is 1. The van der Waals surface area contributed by atoms with Crippen LogP contribution in [0, 0.1) is 0 Å². The Morgan fingerprint density at radius 1 is 1.32 bits per heavy atom. The topological polar surface area (TPSA) is 60.2 Å². The van der Waals surface area contributed by atoms with Gasteiger partial charge in [-0.15, -0.1) is 0 Å². The quantitative estimate of drug-likeness (QED) is 0.819. The fourth-order valence-electron chi connectivity index (χ4n) is 1.67. The van der Waals surface area contributed by atoms with Crippen LogP contribution in [0.2, 0.25) is 0 Å². The van der Waals surface area contributed by atoms with Crippen LogP contribution in [-0.2, 0) is 6.54 Å². The number of ether oxygens (including phenoxy) is 1. The van der Waals surface area contributed by atoms with Crippen molar-refractivity contribution in [3.63, 3.8) is 0 Å². The highest BCUT2D eigenvalue weighted by Gasteiger charge is 2.05. The third kappa shape index (κ3) is 3.42. The first-order valence-corrected chi connectivity index (χ1v) is 6.23. The molecule has 1 aromatic carbocycles. The van der Waals surface area contributed by atoms with Gasteiger partial charge in [0.1, 0.15) is 16.6 Å². The molecule has 19 heavy (non-hydrogen) atoms. The van der Waals surface area contributed by atoms with Gasteiger partial charge in [0, 0.05) is 12.7 Å². The molecule has 0 saturated carbocycles. The molecule has 5 heteroatoms. The Bertz CT molecular complexity index is 569. The predicted octanol–water partition coefficient (Wildman–Crippen LogP) is 2.34. The van der Waals surface area contributed by atoms with E-state index >= 15 is 0 Å². The minimum Gasteiger partial charge on any atom is -0.497 e. The van der Waals surface area contributed by atoms with E-state index in [1.54, 1.807) is 13.3 Å². The average Bonchev–Trinajstić information content (AvgIpc) is 2.46. The fourth-order valence-corrected chi connectivity index (χ4v) is 1.84. The van der Waals surface area contributed by atoms with Crippen molar-refractivity contribution >= 4 is 23.0 Å². The van der Waals surface area contributed by atoms with E-state index in [1.807, 2.05) is 36.4 Å². The zero-order chi connectivity index (χ0) is 13.7. The van der Waals surface area contributed by atoms with Crippen molar-refractivity contribution < 1.29 is 4.74 Å². The van der Waals surface area contributed by atoms with Gasteiger partial charge in [-0.1, -0.05) is 24.4 Å². The Balaban J connectivity index is 2.07. The lowest BCUT2D eigenvalue weighted by Gasteiger charge is -2.10. The molecule has 98 valence electrons. The Kier molecular flexibility index (Phi) is 4.30. The highest BCUT2D eigenvalue weighted by atomic mass is 32.1. The lowest BCUT2D eigenvalue weighted by Crippen LogP contribution is -2.14. The van der Waals surface area contributed by atoms with E-state index in [9.17, 15) is 0 Å². The Labute approximate surface area is 117 Å². The van der Waals surface area contributed by atoms with Crippen molar-refractivity contribution in [2.75, 3.05) is 12.4 Å². The number of thiocarbonyl (C=S) groups is 1. The molecule has 2 rings (SSSR count). The van der Waals surface area contributed by atoms with Gasteiger partial charge < -0.3 is 15.8 Å². The highest BCUT2D eigenvalue weighted by Crippen LogP contribution is 2.15. The number of anilines is 1. The molecule has 0 atom stereocenters. The van der Waals surface area contributed by atoms with Gasteiger partial charge in [-0.2, -0.15) is 0 Å². The molecule has 0 aliphatic heterocycles. The maximum absolute atomic E-state index is 5.66. The summed E-state index contributed by atoms with van der Waals surface area (Å²) in [6.07, 6.45) is 1.71. The summed E-state index contributed by atoms with van der Waals surface area (Å²) in [7, 11) is 1.65. The van der Waals surface area contributed by atoms with E-state index in [0.717, 1.165) is 16.9 Å². The average molecular weight is 273 g/mol. The molecule has 0 amide bonds. The van der Waals surface area contributed by atoms with Gasteiger partial charge in [-0.05, 0) is 29.8 Å². The summed E-state index contributed by atoms with van der Waals surface area (Å²) < 4.78 is 5.12. The molecule has 2 aromatic rings. The number of rotatable bonds is 5. The minimum absolute atomic E-state index is 0.338. The highest BCUT2D eigenvalue weighted by molar-refractivity contribution is 7.80. The summed E-state index contributed by atoms with van der Waals surface area (Å²) in [6.45, 7) is 0.649. The van der Waals surface area contributed by atoms with Crippen LogP contribution in [0.4, 0.5) is 5.82 Å². The third-order valence-corrected chi connectivity index (χ3v) is 2.91. The Morgan fingerprint density at radius 3 is 2.68 bits per heavy atom. The Morgan fingerprint density at radius 2 is 2.05 bits per heavy atom. The van der Waals surface area contributed by atoms with Crippen LogP contribution in [0.25, 0.3) is 0 Å². The molecule has 0 radical (unpaired) electrons. The molecule has 0 fully saturated rings. The normalized spacial score (nSPS) is 9.95. The van der Waals surface area contributed by atoms with Crippen LogP contribution in [0.15, 0.2) is 42.6 Å². The summed E-state index contributed by atoms with van der Waals surface area (Å²) in [5, 5.41) is 3.23. The van der Waals surface area contributed by atoms with Gasteiger partial charge in [0.2, 0.25) is 0 Å². The van der Waals surface area contributed by atoms with E-state index in [1.165, 1.54) is 0 Å². The molecule has 4 nitrogen and oxygen atoms in total. The molecular formula is C14H15N3OS. The van der Waals surface area contributed by atoms with Gasteiger partial charge in [0.05, 0.1) is 12.7 Å². The van der Waals surface area contributed by atoms with Crippen molar-refractivity contribution in [1.82, 2.24) is 4.98 Å². The number of hydrogen-bond donors (Lipinski definition) is 2. The maximum atomic E-state index is 5.66. The number of nitrogens with zero attached hydrogens (tertiary/aromatic N) is 1. The second-order valence-corrected chi connectivity index (χ2v) is 4.41. The minimum atomic E-state index is 0.338. The first-order chi connectivity index (χ1) is 9.20. The van der Waals surface area contributed by atoms with E-state index < -0.39 is 0 Å². The third-order valence-electron chi connectivity index (χ3n) is 2.69. The van der Waals surface area contributed by atoms with Crippen LogP contribution in [-0.4, -0.2) is 17.1 Å². The zero-order valence-electron chi connectivity index (χ0n) is 10.6. The van der Waals surface area contributed by atoms with Gasteiger partial charge in [0.25, 0.3) is 0 Å². The lowest BCUT2D eigenvalue weighted by molar-refractivity contribution is 0.414. The fraction of sp³-hybridized carbons (Fsp3) is 0.143. The second-order valence-electron chi connectivity index (χ2n) is 3.97. The van der Waals surface area contributed by atoms with Gasteiger partial charge >= 0.3 is 0 Å². The van der Waals surface area contributed by atoms with Crippen LogP contribution >= 0.6 is 12.2 Å². The summed E-state index contributed by atoms with van der Waals surface area (Å²) in [5.74, 6) is 1.54. The number of nitrogens with two attached hydrogens (primary N) is 1. The van der Waals surface area contributed by atoms with E-state index in [-0.39, 0.29) is 0 Å². The standard InChI is InChI=1S/C14H15N3OS/c1-18-11-6-4-10(5-7-11)9-17-14-12(13(15)19)3-2-8-16-14/h2-8H,9H2,1H3,(H2,15,19)(H,16,17). The van der Waals surface area contributed by atoms with Crippen molar-refractivity contribution in [3.05, 3.63) is 53.7 Å². The summed E-state index contributed by atoms with van der Waals surface area (Å²) in [4.78, 5) is 4.58. The number of aromatic nitrogens is 1. The molecule has 0 bridgehead atoms. The van der Waals surface area contributed by atoms with Gasteiger partial charge in [0.15, 0.2) is 0 Å². The van der Waals surface area contributed by atoms with Crippen molar-refractivity contribution in [2.45, 2.75) is 6.54 Å². The number of hydrogen-bond acceptors (Lipinski definition) is 4. The summed E-state index contributed by atoms with van der Waals surface area (Å²) in [5.41, 5.74) is 7.54. The summed E-state index contributed by atoms with van der Waals surface area (Å²) in [6, 6.07) is 11.5. The molecule has 0 aliphatic carbocycles. The van der Waals surface area contributed by atoms with Crippen LogP contribution in [0.1, 0.15) is 11.1 Å². The van der Waals surface area contributed by atoms with Crippen molar-refractivity contribution in [3.8, 4) is 5.75 Å².